The van der Waals surface area contributed by atoms with Gasteiger partial charge in [0.05, 0.1) is 25.4 Å². The summed E-state index contributed by atoms with van der Waals surface area (Å²) in [5, 5.41) is 7.86. The summed E-state index contributed by atoms with van der Waals surface area (Å²) in [6, 6.07) is 7.91. The molecule has 0 radical (unpaired) electrons. The molecule has 2 aromatic rings. The lowest BCUT2D eigenvalue weighted by molar-refractivity contribution is 0.0758. The Morgan fingerprint density at radius 1 is 1.19 bits per heavy atom. The first-order valence-electron chi connectivity index (χ1n) is 9.38. The van der Waals surface area contributed by atoms with Crippen molar-refractivity contribution in [1.82, 2.24) is 20.0 Å². The first kappa shape index (κ1) is 17.1. The Kier molecular flexibility index (Phi) is 4.93. The molecule has 26 heavy (non-hydrogen) atoms. The van der Waals surface area contributed by atoms with E-state index in [0.29, 0.717) is 12.1 Å². The largest absolute Gasteiger partial charge is 0.497 e. The van der Waals surface area contributed by atoms with Crippen LogP contribution in [0.2, 0.25) is 0 Å². The number of aromatic nitrogens is 2. The molecule has 1 amide bonds. The number of likely N-dealkylation sites (tertiary alicyclic amines) is 1. The normalized spacial score (nSPS) is 22.7. The number of benzene rings is 1. The lowest BCUT2D eigenvalue weighted by atomic mass is 9.92. The van der Waals surface area contributed by atoms with Gasteiger partial charge in [-0.25, -0.2) is 0 Å². The summed E-state index contributed by atoms with van der Waals surface area (Å²) in [5.74, 6) is 2.40. The van der Waals surface area contributed by atoms with Crippen LogP contribution in [0.5, 0.6) is 5.75 Å². The minimum Gasteiger partial charge on any atom is -0.497 e. The maximum Gasteiger partial charge on any atom is 0.257 e. The second-order valence-electron chi connectivity index (χ2n) is 7.32. The molecule has 2 saturated heterocycles. The highest BCUT2D eigenvalue weighted by Gasteiger charge is 2.31. The van der Waals surface area contributed by atoms with Crippen LogP contribution in [0.25, 0.3) is 0 Å². The van der Waals surface area contributed by atoms with E-state index in [0.717, 1.165) is 62.2 Å². The van der Waals surface area contributed by atoms with Gasteiger partial charge < -0.3 is 15.0 Å². The van der Waals surface area contributed by atoms with Crippen molar-refractivity contribution in [1.29, 1.82) is 0 Å². The molecule has 0 bridgehead atoms. The summed E-state index contributed by atoms with van der Waals surface area (Å²) >= 11 is 0. The predicted molar refractivity (Wildman–Crippen MR) is 99.3 cm³/mol. The lowest BCUT2D eigenvalue weighted by Gasteiger charge is -2.20. The zero-order valence-corrected chi connectivity index (χ0v) is 15.2. The summed E-state index contributed by atoms with van der Waals surface area (Å²) in [6.45, 7) is 4.56. The maximum absolute atomic E-state index is 12.9. The Morgan fingerprint density at radius 3 is 2.54 bits per heavy atom. The molecule has 0 saturated carbocycles. The third-order valence-corrected chi connectivity index (χ3v) is 5.69. The van der Waals surface area contributed by atoms with E-state index < -0.39 is 0 Å². The molecular formula is C20H26N4O2. The summed E-state index contributed by atoms with van der Waals surface area (Å²) in [4.78, 5) is 14.9. The molecule has 2 fully saturated rings. The van der Waals surface area contributed by atoms with Gasteiger partial charge in [-0.3, -0.25) is 9.48 Å². The van der Waals surface area contributed by atoms with Gasteiger partial charge in [-0.05, 0) is 55.5 Å². The van der Waals surface area contributed by atoms with Crippen molar-refractivity contribution in [3.8, 4) is 5.75 Å². The fourth-order valence-electron chi connectivity index (χ4n) is 4.08. The van der Waals surface area contributed by atoms with Crippen LogP contribution >= 0.6 is 0 Å². The van der Waals surface area contributed by atoms with Gasteiger partial charge in [0, 0.05) is 19.3 Å². The van der Waals surface area contributed by atoms with Crippen LogP contribution in [0.4, 0.5) is 0 Å². The number of ether oxygens (including phenoxy) is 1. The Labute approximate surface area is 154 Å². The van der Waals surface area contributed by atoms with E-state index >= 15 is 0 Å². The van der Waals surface area contributed by atoms with Crippen LogP contribution in [0.15, 0.2) is 36.7 Å². The Balaban J connectivity index is 1.39. The van der Waals surface area contributed by atoms with Gasteiger partial charge in [0.2, 0.25) is 0 Å². The van der Waals surface area contributed by atoms with E-state index in [9.17, 15) is 4.79 Å². The standard InChI is InChI=1S/C20H26N4O2/c1-26-19-4-2-15(3-5-19)13-24-14-18(12-22-24)20(25)23-8-6-16-10-21-11-17(16)7-9-23/h2-5,12,14,16-17,21H,6-11,13H2,1H3/t16-,17+. The van der Waals surface area contributed by atoms with Crippen molar-refractivity contribution < 1.29 is 9.53 Å². The molecular weight excluding hydrogens is 328 g/mol. The van der Waals surface area contributed by atoms with Gasteiger partial charge in [0.1, 0.15) is 5.75 Å². The van der Waals surface area contributed by atoms with Gasteiger partial charge in [-0.15, -0.1) is 0 Å². The van der Waals surface area contributed by atoms with E-state index in [1.54, 1.807) is 13.3 Å². The lowest BCUT2D eigenvalue weighted by Crippen LogP contribution is -2.32. The molecule has 2 aliphatic rings. The van der Waals surface area contributed by atoms with Crippen molar-refractivity contribution in [2.24, 2.45) is 11.8 Å². The average Bonchev–Trinajstić information content (AvgIpc) is 3.27. The molecule has 0 spiro atoms. The molecule has 1 aromatic carbocycles. The number of hydrogen-bond donors (Lipinski definition) is 1. The number of methoxy groups -OCH3 is 1. The average molecular weight is 354 g/mol. The number of carbonyl (C=O) groups is 1. The van der Waals surface area contributed by atoms with Gasteiger partial charge in [-0.2, -0.15) is 5.10 Å². The molecule has 2 atom stereocenters. The Hall–Kier alpha value is -2.34. The number of nitrogens with one attached hydrogen (secondary N) is 1. The van der Waals surface area contributed by atoms with Crippen molar-refractivity contribution in [2.45, 2.75) is 19.4 Å². The molecule has 3 heterocycles. The van der Waals surface area contributed by atoms with Crippen LogP contribution < -0.4 is 10.1 Å². The molecule has 1 N–H and O–H groups in total. The predicted octanol–water partition coefficient (Wildman–Crippen LogP) is 2.01. The fraction of sp³-hybridized carbons (Fsp3) is 0.500. The fourth-order valence-corrected chi connectivity index (χ4v) is 4.08. The minimum atomic E-state index is 0.110. The molecule has 6 nitrogen and oxygen atoms in total. The SMILES string of the molecule is COc1ccc(Cn2cc(C(=O)N3CC[C@@H]4CNC[C@@H]4CC3)cn2)cc1. The van der Waals surface area contributed by atoms with Crippen molar-refractivity contribution in [2.75, 3.05) is 33.3 Å². The van der Waals surface area contributed by atoms with Gasteiger partial charge in [0.25, 0.3) is 5.91 Å². The van der Waals surface area contributed by atoms with Crippen LogP contribution in [0.1, 0.15) is 28.8 Å². The third-order valence-electron chi connectivity index (χ3n) is 5.69. The number of carbonyl (C=O) groups excluding carboxylic acids is 1. The zero-order valence-electron chi connectivity index (χ0n) is 15.2. The van der Waals surface area contributed by atoms with E-state index in [2.05, 4.69) is 10.4 Å². The Bertz CT molecular complexity index is 741. The monoisotopic (exact) mass is 354 g/mol. The van der Waals surface area contributed by atoms with E-state index in [4.69, 9.17) is 4.74 Å². The van der Waals surface area contributed by atoms with Crippen LogP contribution in [0, 0.1) is 11.8 Å². The number of nitrogens with zero attached hydrogens (tertiary/aromatic N) is 3. The molecule has 0 aliphatic carbocycles. The molecule has 4 rings (SSSR count). The smallest absolute Gasteiger partial charge is 0.257 e. The van der Waals surface area contributed by atoms with Crippen LogP contribution in [-0.2, 0) is 6.54 Å². The maximum atomic E-state index is 12.9. The number of hydrogen-bond acceptors (Lipinski definition) is 4. The molecule has 2 aliphatic heterocycles. The molecule has 6 heteroatoms. The third kappa shape index (κ3) is 3.60. The topological polar surface area (TPSA) is 59.4 Å². The summed E-state index contributed by atoms with van der Waals surface area (Å²) in [6.07, 6.45) is 5.76. The van der Waals surface area contributed by atoms with Crippen LogP contribution in [0.3, 0.4) is 0 Å². The summed E-state index contributed by atoms with van der Waals surface area (Å²) < 4.78 is 7.01. The van der Waals surface area contributed by atoms with E-state index in [1.807, 2.05) is 40.0 Å². The van der Waals surface area contributed by atoms with Gasteiger partial charge >= 0.3 is 0 Å². The summed E-state index contributed by atoms with van der Waals surface area (Å²) in [5.41, 5.74) is 1.81. The van der Waals surface area contributed by atoms with Gasteiger partial charge in [-0.1, -0.05) is 12.1 Å². The van der Waals surface area contributed by atoms with E-state index in [1.165, 1.54) is 0 Å². The first-order chi connectivity index (χ1) is 12.7. The molecule has 1 aromatic heterocycles. The highest BCUT2D eigenvalue weighted by molar-refractivity contribution is 5.93. The number of rotatable bonds is 4. The number of fused-ring (bicyclic) bond motifs is 1. The highest BCUT2D eigenvalue weighted by atomic mass is 16.5. The summed E-state index contributed by atoms with van der Waals surface area (Å²) in [7, 11) is 1.66. The minimum absolute atomic E-state index is 0.110. The van der Waals surface area contributed by atoms with E-state index in [-0.39, 0.29) is 5.91 Å². The second kappa shape index (κ2) is 7.50. The van der Waals surface area contributed by atoms with Crippen LogP contribution in [-0.4, -0.2) is 53.9 Å². The molecule has 0 unspecified atom stereocenters. The zero-order chi connectivity index (χ0) is 17.9. The molecule has 138 valence electrons. The number of amides is 1. The second-order valence-corrected chi connectivity index (χ2v) is 7.32. The first-order valence-corrected chi connectivity index (χ1v) is 9.38. The van der Waals surface area contributed by atoms with Crippen molar-refractivity contribution in [3.63, 3.8) is 0 Å². The van der Waals surface area contributed by atoms with Crippen molar-refractivity contribution in [3.05, 3.63) is 47.8 Å². The Morgan fingerprint density at radius 2 is 1.88 bits per heavy atom. The quantitative estimate of drug-likeness (QED) is 0.913. The van der Waals surface area contributed by atoms with Crippen molar-refractivity contribution >= 4 is 5.91 Å². The highest BCUT2D eigenvalue weighted by Crippen LogP contribution is 2.27. The van der Waals surface area contributed by atoms with Gasteiger partial charge in [0.15, 0.2) is 0 Å².